The third-order valence-electron chi connectivity index (χ3n) is 4.63. The Labute approximate surface area is 174 Å². The van der Waals surface area contributed by atoms with Crippen LogP contribution in [0.5, 0.6) is 0 Å². The maximum atomic E-state index is 13.1. The lowest BCUT2D eigenvalue weighted by Crippen LogP contribution is -2.29. The molecule has 0 aliphatic rings. The van der Waals surface area contributed by atoms with Crippen LogP contribution in [-0.4, -0.2) is 15.9 Å². The minimum absolute atomic E-state index is 0.114. The Morgan fingerprint density at radius 2 is 1.86 bits per heavy atom. The topological polar surface area (TPSA) is 46.1 Å². The van der Waals surface area contributed by atoms with Crippen LogP contribution >= 0.6 is 11.3 Å². The summed E-state index contributed by atoms with van der Waals surface area (Å²) in [4.78, 5) is 24.0. The van der Waals surface area contributed by atoms with Crippen LogP contribution in [-0.2, 0) is 17.8 Å². The van der Waals surface area contributed by atoms with Gasteiger partial charge < -0.3 is 0 Å². The molecular weight excluding hydrogens is 378 g/mol. The number of carbonyl (C=O) groups is 1. The van der Waals surface area contributed by atoms with E-state index in [4.69, 9.17) is 4.98 Å². The molecule has 4 rings (SSSR count). The lowest BCUT2D eigenvalue weighted by atomic mass is 10.1. The van der Waals surface area contributed by atoms with Crippen molar-refractivity contribution in [1.82, 2.24) is 9.97 Å². The minimum Gasteiger partial charge on any atom is -0.278 e. The molecule has 2 aromatic heterocycles. The molecule has 0 spiro atoms. The molecule has 0 aliphatic heterocycles. The first-order chi connectivity index (χ1) is 14.2. The fourth-order valence-electron chi connectivity index (χ4n) is 3.11. The van der Waals surface area contributed by atoms with Gasteiger partial charge in [-0.25, -0.2) is 4.98 Å². The number of nitrogens with zero attached hydrogens (tertiary/aromatic N) is 3. The molecule has 0 bridgehead atoms. The Bertz CT molecular complexity index is 1140. The van der Waals surface area contributed by atoms with E-state index >= 15 is 0 Å². The van der Waals surface area contributed by atoms with Crippen molar-refractivity contribution in [1.29, 1.82) is 0 Å². The van der Waals surface area contributed by atoms with E-state index in [0.717, 1.165) is 27.9 Å². The average molecular weight is 400 g/mol. The van der Waals surface area contributed by atoms with Crippen molar-refractivity contribution < 1.29 is 4.79 Å². The number of fused-ring (bicyclic) bond motifs is 1. The fourth-order valence-corrected chi connectivity index (χ4v) is 4.13. The highest BCUT2D eigenvalue weighted by atomic mass is 32.1. The van der Waals surface area contributed by atoms with E-state index in [9.17, 15) is 4.79 Å². The lowest BCUT2D eigenvalue weighted by molar-refractivity contribution is -0.114. The number of aryl methyl sites for hydroxylation is 1. The number of carbonyl (C=O) groups excluding carboxylic acids is 1. The molecule has 0 N–H and O–H groups in total. The number of amides is 1. The summed E-state index contributed by atoms with van der Waals surface area (Å²) in [6.07, 6.45) is 6.08. The van der Waals surface area contributed by atoms with E-state index in [1.54, 1.807) is 17.2 Å². The summed E-state index contributed by atoms with van der Waals surface area (Å²) >= 11 is 1.54. The number of benzene rings is 2. The maximum absolute atomic E-state index is 13.1. The molecule has 2 aromatic carbocycles. The summed E-state index contributed by atoms with van der Waals surface area (Å²) in [6.45, 7) is 2.49. The van der Waals surface area contributed by atoms with Crippen LogP contribution in [0.25, 0.3) is 16.3 Å². The van der Waals surface area contributed by atoms with E-state index in [1.807, 2.05) is 60.7 Å². The Kier molecular flexibility index (Phi) is 5.77. The summed E-state index contributed by atoms with van der Waals surface area (Å²) in [5.41, 5.74) is 3.97. The first-order valence-electron chi connectivity index (χ1n) is 9.57. The third kappa shape index (κ3) is 4.41. The first-order valence-corrected chi connectivity index (χ1v) is 10.4. The summed E-state index contributed by atoms with van der Waals surface area (Å²) < 4.78 is 1.09. The molecule has 1 amide bonds. The highest BCUT2D eigenvalue weighted by molar-refractivity contribution is 7.22. The average Bonchev–Trinajstić information content (AvgIpc) is 3.21. The van der Waals surface area contributed by atoms with E-state index in [1.165, 1.54) is 16.9 Å². The molecule has 2 heterocycles. The number of pyridine rings is 1. The summed E-state index contributed by atoms with van der Waals surface area (Å²) in [5.74, 6) is -0.114. The molecule has 0 aliphatic carbocycles. The Morgan fingerprint density at radius 3 is 2.62 bits per heavy atom. The minimum atomic E-state index is -0.114. The van der Waals surface area contributed by atoms with E-state index in [2.05, 4.69) is 24.0 Å². The molecule has 0 unspecified atom stereocenters. The van der Waals surface area contributed by atoms with Gasteiger partial charge in [0, 0.05) is 12.3 Å². The largest absolute Gasteiger partial charge is 0.278 e. The van der Waals surface area contributed by atoms with Crippen molar-refractivity contribution in [2.45, 2.75) is 19.9 Å². The molecule has 0 saturated heterocycles. The smallest absolute Gasteiger partial charge is 0.253 e. The second-order valence-electron chi connectivity index (χ2n) is 6.60. The van der Waals surface area contributed by atoms with Crippen molar-refractivity contribution in [2.24, 2.45) is 0 Å². The van der Waals surface area contributed by atoms with Gasteiger partial charge in [0.25, 0.3) is 5.91 Å². The third-order valence-corrected chi connectivity index (χ3v) is 5.68. The molecule has 29 heavy (non-hydrogen) atoms. The van der Waals surface area contributed by atoms with E-state index in [0.29, 0.717) is 11.7 Å². The molecule has 0 fully saturated rings. The van der Waals surface area contributed by atoms with Crippen molar-refractivity contribution >= 4 is 38.7 Å². The van der Waals surface area contributed by atoms with Gasteiger partial charge in [0.1, 0.15) is 0 Å². The van der Waals surface area contributed by atoms with E-state index in [-0.39, 0.29) is 5.91 Å². The summed E-state index contributed by atoms with van der Waals surface area (Å²) in [5, 5.41) is 0.689. The molecule has 4 aromatic rings. The van der Waals surface area contributed by atoms with Crippen LogP contribution in [0.3, 0.4) is 0 Å². The second kappa shape index (κ2) is 8.80. The lowest BCUT2D eigenvalue weighted by Gasteiger charge is -2.17. The number of anilines is 1. The van der Waals surface area contributed by atoms with Gasteiger partial charge in [-0.15, -0.1) is 0 Å². The number of thiazole rings is 1. The molecule has 0 atom stereocenters. The number of aromatic nitrogens is 2. The quantitative estimate of drug-likeness (QED) is 0.402. The number of rotatable bonds is 6. The molecule has 0 radical (unpaired) electrons. The normalized spacial score (nSPS) is 11.2. The predicted molar refractivity (Wildman–Crippen MR) is 120 cm³/mol. The highest BCUT2D eigenvalue weighted by Gasteiger charge is 2.19. The number of hydrogen-bond donors (Lipinski definition) is 0. The van der Waals surface area contributed by atoms with Crippen LogP contribution < -0.4 is 4.90 Å². The molecule has 144 valence electrons. The van der Waals surface area contributed by atoms with Crippen molar-refractivity contribution in [3.63, 3.8) is 0 Å². The van der Waals surface area contributed by atoms with Crippen LogP contribution in [0.4, 0.5) is 5.13 Å². The van der Waals surface area contributed by atoms with Crippen LogP contribution in [0.1, 0.15) is 23.7 Å². The molecular formula is C24H21N3OS. The van der Waals surface area contributed by atoms with Gasteiger partial charge >= 0.3 is 0 Å². The van der Waals surface area contributed by atoms with Gasteiger partial charge in [-0.1, -0.05) is 66.8 Å². The molecule has 4 nitrogen and oxygen atoms in total. The standard InChI is InChI=1S/C24H21N3OS/c1-2-19-11-8-13-21-23(19)26-24(29-21)27(17-20-12-6-7-16-25-20)22(28)15-14-18-9-4-3-5-10-18/h3-16H,2,17H2,1H3/b15-14+. The summed E-state index contributed by atoms with van der Waals surface area (Å²) in [7, 11) is 0. The zero-order chi connectivity index (χ0) is 20.1. The second-order valence-corrected chi connectivity index (χ2v) is 7.61. The highest BCUT2D eigenvalue weighted by Crippen LogP contribution is 2.32. The molecule has 0 saturated carbocycles. The zero-order valence-corrected chi connectivity index (χ0v) is 17.0. The van der Waals surface area contributed by atoms with Crippen LogP contribution in [0.2, 0.25) is 0 Å². The first kappa shape index (κ1) is 19.0. The van der Waals surface area contributed by atoms with Gasteiger partial charge in [0.2, 0.25) is 0 Å². The Balaban J connectivity index is 1.70. The van der Waals surface area contributed by atoms with Crippen LogP contribution in [0, 0.1) is 0 Å². The van der Waals surface area contributed by atoms with Gasteiger partial charge in [-0.2, -0.15) is 0 Å². The van der Waals surface area contributed by atoms with Crippen molar-refractivity contribution in [3.8, 4) is 0 Å². The molecule has 5 heteroatoms. The van der Waals surface area contributed by atoms with Crippen LogP contribution in [0.15, 0.2) is 79.0 Å². The zero-order valence-electron chi connectivity index (χ0n) is 16.2. The number of hydrogen-bond acceptors (Lipinski definition) is 4. The predicted octanol–water partition coefficient (Wildman–Crippen LogP) is 5.50. The maximum Gasteiger partial charge on any atom is 0.253 e. The summed E-state index contributed by atoms with van der Waals surface area (Å²) in [6, 6.07) is 21.7. The van der Waals surface area contributed by atoms with Gasteiger partial charge in [-0.3, -0.25) is 14.7 Å². The number of para-hydroxylation sites is 1. The van der Waals surface area contributed by atoms with Crippen molar-refractivity contribution in [2.75, 3.05) is 4.90 Å². The van der Waals surface area contributed by atoms with Gasteiger partial charge in [-0.05, 0) is 41.8 Å². The monoisotopic (exact) mass is 399 g/mol. The fraction of sp³-hybridized carbons (Fsp3) is 0.125. The van der Waals surface area contributed by atoms with Crippen molar-refractivity contribution in [3.05, 3.63) is 95.8 Å². The Morgan fingerprint density at radius 1 is 1.03 bits per heavy atom. The van der Waals surface area contributed by atoms with Gasteiger partial charge in [0.15, 0.2) is 5.13 Å². The van der Waals surface area contributed by atoms with E-state index < -0.39 is 0 Å². The Hall–Kier alpha value is -3.31. The SMILES string of the molecule is CCc1cccc2sc(N(Cc3ccccn3)C(=O)/C=C/c3ccccc3)nc12. The van der Waals surface area contributed by atoms with Gasteiger partial charge in [0.05, 0.1) is 22.5 Å².